The molecule has 250 valence electrons. The van der Waals surface area contributed by atoms with E-state index in [1.807, 2.05) is 22.7 Å². The van der Waals surface area contributed by atoms with E-state index in [4.69, 9.17) is 9.98 Å². The van der Waals surface area contributed by atoms with E-state index in [9.17, 15) is 0 Å². The summed E-state index contributed by atoms with van der Waals surface area (Å²) < 4.78 is 4.83. The van der Waals surface area contributed by atoms with Gasteiger partial charge in [0.2, 0.25) is 0 Å². The number of hydrogen-bond acceptors (Lipinski definition) is 4. The summed E-state index contributed by atoms with van der Waals surface area (Å²) in [5.41, 5.74) is 14.7. The van der Waals surface area contributed by atoms with E-state index in [0.717, 1.165) is 78.6 Å². The van der Waals surface area contributed by atoms with Crippen molar-refractivity contribution >= 4 is 56.4 Å². The molecule has 0 aliphatic carbocycles. The van der Waals surface area contributed by atoms with Crippen LogP contribution in [0.1, 0.15) is 33.5 Å². The average Bonchev–Trinajstić information content (AvgIpc) is 4.07. The van der Waals surface area contributed by atoms with Crippen LogP contribution in [0.3, 0.4) is 0 Å². The first kappa shape index (κ1) is 31.3. The van der Waals surface area contributed by atoms with E-state index in [-0.39, 0.29) is 0 Å². The lowest BCUT2D eigenvalue weighted by atomic mass is 9.96. The normalized spacial score (nSPS) is 15.0. The molecule has 0 amide bonds. The van der Waals surface area contributed by atoms with Crippen LogP contribution < -0.4 is 9.06 Å². The Labute approximate surface area is 315 Å². The molecule has 0 unspecified atom stereocenters. The van der Waals surface area contributed by atoms with Gasteiger partial charge in [-0.25, -0.2) is 9.98 Å². The predicted molar refractivity (Wildman–Crippen MR) is 222 cm³/mol. The van der Waals surface area contributed by atoms with Gasteiger partial charge in [0.25, 0.3) is 0 Å². The number of fused-ring (bicyclic) bond motifs is 8. The number of allylic oxidation sites excluding steroid dienone is 4. The molecule has 0 saturated carbocycles. The van der Waals surface area contributed by atoms with Gasteiger partial charge in [0.15, 0.2) is 0 Å². The maximum atomic E-state index is 5.42. The molecule has 0 fully saturated rings. The Balaban J connectivity index is 1.33. The molecule has 4 aromatic carbocycles. The molecule has 10 rings (SSSR count). The van der Waals surface area contributed by atoms with Crippen molar-refractivity contribution in [2.24, 2.45) is 9.98 Å². The molecule has 1 N–H and O–H groups in total. The molecule has 10 bridgehead atoms. The number of nitrogens with one attached hydrogen (secondary N) is 1. The Morgan fingerprint density at radius 3 is 1.23 bits per heavy atom. The number of H-pyrrole nitrogens is 1. The molecule has 3 aliphatic rings. The van der Waals surface area contributed by atoms with E-state index in [1.165, 1.54) is 18.1 Å². The lowest BCUT2D eigenvalue weighted by Crippen LogP contribution is -2.09. The highest BCUT2D eigenvalue weighted by Gasteiger charge is 2.23. The van der Waals surface area contributed by atoms with Crippen molar-refractivity contribution in [3.05, 3.63) is 245 Å². The minimum Gasteiger partial charge on any atom is -0.360 e. The number of benzene rings is 4. The zero-order valence-corrected chi connectivity index (χ0v) is 30.2. The number of rotatable bonds is 4. The van der Waals surface area contributed by atoms with Gasteiger partial charge in [-0.05, 0) is 76.9 Å². The minimum atomic E-state index is 0.919. The molecule has 3 nitrogen and oxygen atoms in total. The van der Waals surface area contributed by atoms with Gasteiger partial charge < -0.3 is 4.98 Å². The van der Waals surface area contributed by atoms with Crippen molar-refractivity contribution in [2.75, 3.05) is 0 Å². The van der Waals surface area contributed by atoms with Crippen molar-refractivity contribution in [2.45, 2.75) is 0 Å². The molecule has 0 atom stereocenters. The summed E-state index contributed by atoms with van der Waals surface area (Å²) in [6, 6.07) is 53.7. The molecule has 0 saturated heterocycles. The van der Waals surface area contributed by atoms with Crippen LogP contribution in [0.2, 0.25) is 0 Å². The fourth-order valence-electron chi connectivity index (χ4n) is 7.33. The first-order valence-corrected chi connectivity index (χ1v) is 19.3. The molecule has 0 radical (unpaired) electrons. The largest absolute Gasteiger partial charge is 0.360 e. The lowest BCUT2D eigenvalue weighted by molar-refractivity contribution is 1.31. The number of hydrogen-bond donors (Lipinski definition) is 1. The second kappa shape index (κ2) is 13.3. The number of aliphatic imine (C=N–C) groups is 2. The average molecular weight is 714 g/mol. The van der Waals surface area contributed by atoms with Crippen LogP contribution in [0.4, 0.5) is 0 Å². The fourth-order valence-corrected chi connectivity index (χ4v) is 9.58. The van der Waals surface area contributed by atoms with Crippen molar-refractivity contribution in [1.29, 1.82) is 0 Å². The Hall–Kier alpha value is -6.40. The van der Waals surface area contributed by atoms with Gasteiger partial charge >= 0.3 is 0 Å². The molecular formula is C48H31N3S2. The Morgan fingerprint density at radius 2 is 0.755 bits per heavy atom. The number of aromatic nitrogens is 1. The number of aromatic amines is 1. The quantitative estimate of drug-likeness (QED) is 0.189. The monoisotopic (exact) mass is 713 g/mol. The van der Waals surface area contributed by atoms with E-state index in [1.54, 1.807) is 0 Å². The van der Waals surface area contributed by atoms with Gasteiger partial charge in [-0.15, -0.1) is 22.7 Å². The van der Waals surface area contributed by atoms with E-state index in [0.29, 0.717) is 0 Å². The summed E-state index contributed by atoms with van der Waals surface area (Å²) in [7, 11) is 0. The highest BCUT2D eigenvalue weighted by molar-refractivity contribution is 7.11. The van der Waals surface area contributed by atoms with Gasteiger partial charge in [-0.2, -0.15) is 0 Å². The van der Waals surface area contributed by atoms with Gasteiger partial charge in [-0.3, -0.25) is 0 Å². The summed E-state index contributed by atoms with van der Waals surface area (Å²) in [6.45, 7) is 0. The number of nitrogens with zero attached hydrogens (tertiary/aromatic N) is 2. The third-order valence-electron chi connectivity index (χ3n) is 9.74. The number of thiophene rings is 2. The fraction of sp³-hybridized carbons (Fsp3) is 0. The summed E-state index contributed by atoms with van der Waals surface area (Å²) in [5, 5.41) is 0. The van der Waals surface area contributed by atoms with Crippen LogP contribution in [0.5, 0.6) is 0 Å². The van der Waals surface area contributed by atoms with E-state index >= 15 is 0 Å². The molecular weight excluding hydrogens is 683 g/mol. The van der Waals surface area contributed by atoms with Gasteiger partial charge in [-0.1, -0.05) is 121 Å². The smallest absolute Gasteiger partial charge is 0.0737 e. The van der Waals surface area contributed by atoms with Crippen LogP contribution in [-0.2, 0) is 0 Å². The van der Waals surface area contributed by atoms with Crippen molar-refractivity contribution in [3.63, 3.8) is 0 Å². The van der Waals surface area contributed by atoms with Crippen LogP contribution >= 0.6 is 22.7 Å². The topological polar surface area (TPSA) is 40.5 Å². The Kier molecular flexibility index (Phi) is 7.86. The minimum absolute atomic E-state index is 0.919. The standard InChI is InChI=1S/C48H31N3S2/c1-5-13-31(14-6-1)45-35-29-40(49-30-35)46(32-15-7-2-8-16-32)37-22-24-39(51-37)48(34-19-11-4-12-20-34)44-28-26-42(53-44)41-25-27-43(52-41)47(33-17-9-3-10-18-33)38-23-21-36(45)50-38/h1-30,49H. The van der Waals surface area contributed by atoms with Crippen LogP contribution in [0.25, 0.3) is 22.3 Å². The second-order valence-corrected chi connectivity index (χ2v) is 15.2. The predicted octanol–water partition coefficient (Wildman–Crippen LogP) is 10.1. The molecule has 53 heavy (non-hydrogen) atoms. The van der Waals surface area contributed by atoms with E-state index < -0.39 is 0 Å². The van der Waals surface area contributed by atoms with Crippen LogP contribution in [-0.4, -0.2) is 16.4 Å². The first-order valence-electron chi connectivity index (χ1n) is 17.7. The summed E-state index contributed by atoms with van der Waals surface area (Å²) in [6.07, 6.45) is 10.8. The summed E-state index contributed by atoms with van der Waals surface area (Å²) in [5.74, 6) is 0. The van der Waals surface area contributed by atoms with Crippen molar-refractivity contribution in [1.82, 2.24) is 4.98 Å². The van der Waals surface area contributed by atoms with E-state index in [2.05, 4.69) is 187 Å². The third kappa shape index (κ3) is 5.77. The van der Waals surface area contributed by atoms with Gasteiger partial charge in [0, 0.05) is 57.9 Å². The highest BCUT2D eigenvalue weighted by atomic mass is 32.1. The van der Waals surface area contributed by atoms with Crippen LogP contribution in [0.15, 0.2) is 204 Å². The Morgan fingerprint density at radius 1 is 0.358 bits per heavy atom. The molecule has 6 heterocycles. The lowest BCUT2D eigenvalue weighted by Gasteiger charge is -2.10. The Bertz CT molecular complexity index is 2750. The van der Waals surface area contributed by atoms with Crippen LogP contribution in [0, 0.1) is 9.06 Å². The molecule has 7 aromatic rings. The maximum Gasteiger partial charge on any atom is 0.0737 e. The zero-order valence-electron chi connectivity index (χ0n) is 28.5. The molecule has 3 aromatic heterocycles. The van der Waals surface area contributed by atoms with Gasteiger partial charge in [0.1, 0.15) is 0 Å². The van der Waals surface area contributed by atoms with Gasteiger partial charge in [0.05, 0.1) is 22.8 Å². The summed E-state index contributed by atoms with van der Waals surface area (Å²) >= 11 is 3.63. The maximum absolute atomic E-state index is 5.42. The SMILES string of the molecule is C1=CC2=C(c3ccccc3)c3c[nH]c(c3)C(c3ccccc3)=C3C=CC(=N3)C(c3ccccc3)=c3ccc(s3)=c3ccc(s3)=C(c3ccccc3)C1=N2. The van der Waals surface area contributed by atoms with Crippen molar-refractivity contribution < 1.29 is 0 Å². The second-order valence-electron chi connectivity index (χ2n) is 13.0. The molecule has 5 heteroatoms. The highest BCUT2D eigenvalue weighted by Crippen LogP contribution is 2.37. The van der Waals surface area contributed by atoms with Crippen molar-refractivity contribution in [3.8, 4) is 0 Å². The third-order valence-corrected chi connectivity index (χ3v) is 12.1. The molecule has 0 spiro atoms. The zero-order chi connectivity index (χ0) is 35.1. The molecule has 3 aliphatic heterocycles. The first-order chi connectivity index (χ1) is 26.3. The summed E-state index contributed by atoms with van der Waals surface area (Å²) in [4.78, 5) is 14.5.